The van der Waals surface area contributed by atoms with Gasteiger partial charge in [0.2, 0.25) is 0 Å². The molecule has 0 unspecified atom stereocenters. The van der Waals surface area contributed by atoms with Gasteiger partial charge in [-0.15, -0.1) is 0 Å². The summed E-state index contributed by atoms with van der Waals surface area (Å²) in [5.41, 5.74) is 0.748. The van der Waals surface area contributed by atoms with E-state index in [1.807, 2.05) is 21.7 Å². The predicted molar refractivity (Wildman–Crippen MR) is 73.4 cm³/mol. The predicted octanol–water partition coefficient (Wildman–Crippen LogP) is 0.00580. The summed E-state index contributed by atoms with van der Waals surface area (Å²) < 4.78 is 24.9. The second-order valence-corrected chi connectivity index (χ2v) is 6.80. The maximum absolute atomic E-state index is 11.5. The van der Waals surface area contributed by atoms with Crippen LogP contribution in [-0.2, 0) is 9.84 Å². The van der Waals surface area contributed by atoms with Gasteiger partial charge in [0.1, 0.15) is 5.82 Å². The van der Waals surface area contributed by atoms with Gasteiger partial charge in [-0.05, 0) is 0 Å². The fourth-order valence-electron chi connectivity index (χ4n) is 2.17. The second kappa shape index (κ2) is 4.37. The zero-order valence-corrected chi connectivity index (χ0v) is 11.4. The number of fused-ring (bicyclic) bond motifs is 1. The summed E-state index contributed by atoms with van der Waals surface area (Å²) in [7, 11) is -1.09. The van der Waals surface area contributed by atoms with Crippen LogP contribution in [0.2, 0.25) is 0 Å². The van der Waals surface area contributed by atoms with Crippen LogP contribution >= 0.6 is 0 Å². The standard InChI is InChI=1S/C11H15N5O2S/c1-12-9-8-16-3-2-13-10(16)11(14-9)15-4-6-19(17,18)7-5-15/h2-3,8,12H,4-7H2,1H3. The molecule has 2 aromatic rings. The van der Waals surface area contributed by atoms with E-state index in [4.69, 9.17) is 0 Å². The Morgan fingerprint density at radius 3 is 2.74 bits per heavy atom. The minimum Gasteiger partial charge on any atom is -0.372 e. The van der Waals surface area contributed by atoms with Crippen LogP contribution in [0.5, 0.6) is 0 Å². The van der Waals surface area contributed by atoms with Crippen molar-refractivity contribution in [2.75, 3.05) is 41.9 Å². The van der Waals surface area contributed by atoms with E-state index in [0.29, 0.717) is 13.1 Å². The Bertz CT molecular complexity index is 695. The summed E-state index contributed by atoms with van der Waals surface area (Å²) in [6.45, 7) is 0.927. The first-order chi connectivity index (χ1) is 9.09. The Morgan fingerprint density at radius 1 is 1.32 bits per heavy atom. The fourth-order valence-corrected chi connectivity index (χ4v) is 3.37. The van der Waals surface area contributed by atoms with Crippen molar-refractivity contribution in [3.63, 3.8) is 0 Å². The molecule has 8 heteroatoms. The second-order valence-electron chi connectivity index (χ2n) is 4.50. The van der Waals surface area contributed by atoms with Gasteiger partial charge in [-0.2, -0.15) is 0 Å². The summed E-state index contributed by atoms with van der Waals surface area (Å²) in [6, 6.07) is 0. The molecule has 0 amide bonds. The molecule has 0 saturated carbocycles. The summed E-state index contributed by atoms with van der Waals surface area (Å²) in [4.78, 5) is 10.8. The van der Waals surface area contributed by atoms with E-state index >= 15 is 0 Å². The van der Waals surface area contributed by atoms with Gasteiger partial charge in [0.15, 0.2) is 21.3 Å². The number of rotatable bonds is 2. The van der Waals surface area contributed by atoms with Gasteiger partial charge < -0.3 is 14.6 Å². The average molecular weight is 281 g/mol. The first-order valence-electron chi connectivity index (χ1n) is 6.06. The quantitative estimate of drug-likeness (QED) is 0.835. The molecular formula is C11H15N5O2S. The van der Waals surface area contributed by atoms with Gasteiger partial charge in [0.25, 0.3) is 0 Å². The zero-order chi connectivity index (χ0) is 13.5. The average Bonchev–Trinajstić information content (AvgIpc) is 2.86. The molecule has 2 aromatic heterocycles. The lowest BCUT2D eigenvalue weighted by molar-refractivity contribution is 0.586. The minimum absolute atomic E-state index is 0.172. The third kappa shape index (κ3) is 2.23. The lowest BCUT2D eigenvalue weighted by Crippen LogP contribution is -2.41. The lowest BCUT2D eigenvalue weighted by atomic mass is 10.4. The van der Waals surface area contributed by atoms with Gasteiger partial charge >= 0.3 is 0 Å². The Hall–Kier alpha value is -1.83. The van der Waals surface area contributed by atoms with Crippen molar-refractivity contribution in [1.82, 2.24) is 14.4 Å². The molecule has 1 aliphatic rings. The van der Waals surface area contributed by atoms with Crippen LogP contribution in [-0.4, -0.2) is 54.4 Å². The number of nitrogens with zero attached hydrogens (tertiary/aromatic N) is 4. The number of aromatic nitrogens is 3. The van der Waals surface area contributed by atoms with Crippen LogP contribution in [0.3, 0.4) is 0 Å². The summed E-state index contributed by atoms with van der Waals surface area (Å²) in [5, 5.41) is 3.00. The third-order valence-electron chi connectivity index (χ3n) is 3.26. The van der Waals surface area contributed by atoms with Crippen molar-refractivity contribution in [2.24, 2.45) is 0 Å². The Morgan fingerprint density at radius 2 is 2.05 bits per heavy atom. The molecule has 7 nitrogen and oxygen atoms in total. The van der Waals surface area contributed by atoms with Crippen LogP contribution < -0.4 is 10.2 Å². The molecule has 19 heavy (non-hydrogen) atoms. The van der Waals surface area contributed by atoms with Gasteiger partial charge in [-0.3, -0.25) is 0 Å². The summed E-state index contributed by atoms with van der Waals surface area (Å²) in [5.74, 6) is 1.80. The molecule has 0 bridgehead atoms. The highest BCUT2D eigenvalue weighted by Crippen LogP contribution is 2.22. The van der Waals surface area contributed by atoms with Gasteiger partial charge in [0, 0.05) is 32.5 Å². The highest BCUT2D eigenvalue weighted by molar-refractivity contribution is 7.91. The van der Waals surface area contributed by atoms with Crippen LogP contribution in [0.4, 0.5) is 11.6 Å². The van der Waals surface area contributed by atoms with Crippen molar-refractivity contribution in [3.8, 4) is 0 Å². The SMILES string of the molecule is CNc1cn2ccnc2c(N2CCS(=O)(=O)CC2)n1. The molecule has 0 atom stereocenters. The van der Waals surface area contributed by atoms with E-state index in [2.05, 4.69) is 15.3 Å². The number of sulfone groups is 1. The van der Waals surface area contributed by atoms with Crippen LogP contribution in [0.15, 0.2) is 18.6 Å². The Balaban J connectivity index is 2.02. The number of imidazole rings is 1. The highest BCUT2D eigenvalue weighted by atomic mass is 32.2. The Kier molecular flexibility index (Phi) is 2.81. The Labute approximate surface area is 111 Å². The van der Waals surface area contributed by atoms with Crippen molar-refractivity contribution >= 4 is 27.1 Å². The number of nitrogens with one attached hydrogen (secondary N) is 1. The number of anilines is 2. The fraction of sp³-hybridized carbons (Fsp3) is 0.455. The molecule has 1 N–H and O–H groups in total. The maximum Gasteiger partial charge on any atom is 0.180 e. The van der Waals surface area contributed by atoms with E-state index < -0.39 is 9.84 Å². The van der Waals surface area contributed by atoms with Crippen LogP contribution in [0, 0.1) is 0 Å². The van der Waals surface area contributed by atoms with Crippen molar-refractivity contribution in [1.29, 1.82) is 0 Å². The first-order valence-corrected chi connectivity index (χ1v) is 7.88. The van der Waals surface area contributed by atoms with Gasteiger partial charge in [-0.1, -0.05) is 0 Å². The molecule has 102 valence electrons. The van der Waals surface area contributed by atoms with Crippen LogP contribution in [0.25, 0.3) is 5.65 Å². The number of hydrogen-bond donors (Lipinski definition) is 1. The summed E-state index contributed by atoms with van der Waals surface area (Å²) in [6.07, 6.45) is 5.41. The van der Waals surface area contributed by atoms with Crippen molar-refractivity contribution in [2.45, 2.75) is 0 Å². The molecular weight excluding hydrogens is 266 g/mol. The molecule has 1 aliphatic heterocycles. The van der Waals surface area contributed by atoms with Gasteiger partial charge in [0.05, 0.1) is 17.7 Å². The largest absolute Gasteiger partial charge is 0.372 e. The highest BCUT2D eigenvalue weighted by Gasteiger charge is 2.24. The molecule has 1 saturated heterocycles. The van der Waals surface area contributed by atoms with Crippen molar-refractivity contribution < 1.29 is 8.42 Å². The maximum atomic E-state index is 11.5. The number of hydrogen-bond acceptors (Lipinski definition) is 6. The lowest BCUT2D eigenvalue weighted by Gasteiger charge is -2.28. The van der Waals surface area contributed by atoms with Crippen LogP contribution in [0.1, 0.15) is 0 Å². The van der Waals surface area contributed by atoms with E-state index in [0.717, 1.165) is 17.3 Å². The van der Waals surface area contributed by atoms with Gasteiger partial charge in [-0.25, -0.2) is 18.4 Å². The molecule has 0 radical (unpaired) electrons. The molecule has 0 aromatic carbocycles. The molecule has 3 heterocycles. The molecule has 1 fully saturated rings. The topological polar surface area (TPSA) is 79.6 Å². The zero-order valence-electron chi connectivity index (χ0n) is 10.6. The molecule has 0 spiro atoms. The van der Waals surface area contributed by atoms with E-state index in [-0.39, 0.29) is 11.5 Å². The minimum atomic E-state index is -2.89. The normalized spacial score (nSPS) is 18.7. The smallest absolute Gasteiger partial charge is 0.180 e. The molecule has 0 aliphatic carbocycles. The monoisotopic (exact) mass is 281 g/mol. The summed E-state index contributed by atoms with van der Waals surface area (Å²) >= 11 is 0. The first kappa shape index (κ1) is 12.2. The molecule has 3 rings (SSSR count). The van der Waals surface area contributed by atoms with Crippen molar-refractivity contribution in [3.05, 3.63) is 18.6 Å². The third-order valence-corrected chi connectivity index (χ3v) is 4.87. The van der Waals surface area contributed by atoms with E-state index in [1.165, 1.54) is 0 Å². The van der Waals surface area contributed by atoms with E-state index in [9.17, 15) is 8.42 Å². The van der Waals surface area contributed by atoms with E-state index in [1.54, 1.807) is 13.2 Å².